The molecule has 1 aliphatic rings. The van der Waals surface area contributed by atoms with E-state index in [1.807, 2.05) is 0 Å². The van der Waals surface area contributed by atoms with E-state index in [9.17, 15) is 0 Å². The molecule has 0 amide bonds. The maximum Gasteiger partial charge on any atom is 0.160 e. The SMILES string of the molecule is c1ccc(-n2c3ccccc3c3c4ccccc4c(-c4ccc5c(c4)c4ccccc4n5-c4cccc(-c5nc6c7c(cccc7n5)-c5ccccc5-6)c4)cc32)cc1. The Labute approximate surface area is 333 Å². The largest absolute Gasteiger partial charge is 0.309 e. The number of fused-ring (bicyclic) bond motifs is 11. The first-order valence-electron chi connectivity index (χ1n) is 19.8. The Hall–Kier alpha value is -7.82. The van der Waals surface area contributed by atoms with Crippen LogP contribution in [0.3, 0.4) is 0 Å². The van der Waals surface area contributed by atoms with Gasteiger partial charge >= 0.3 is 0 Å². The van der Waals surface area contributed by atoms with Gasteiger partial charge < -0.3 is 9.13 Å². The van der Waals surface area contributed by atoms with E-state index in [0.29, 0.717) is 0 Å². The molecule has 0 saturated carbocycles. The molecule has 4 heteroatoms. The smallest absolute Gasteiger partial charge is 0.160 e. The summed E-state index contributed by atoms with van der Waals surface area (Å²) in [7, 11) is 0. The van der Waals surface area contributed by atoms with Gasteiger partial charge in [0.2, 0.25) is 0 Å². The van der Waals surface area contributed by atoms with Crippen molar-refractivity contribution < 1.29 is 0 Å². The molecule has 268 valence electrons. The molecule has 0 aliphatic heterocycles. The van der Waals surface area contributed by atoms with Crippen LogP contribution in [0.4, 0.5) is 0 Å². The highest BCUT2D eigenvalue weighted by molar-refractivity contribution is 6.24. The number of para-hydroxylation sites is 3. The highest BCUT2D eigenvalue weighted by Gasteiger charge is 2.25. The van der Waals surface area contributed by atoms with Crippen LogP contribution in [0.15, 0.2) is 194 Å². The number of nitrogens with zero attached hydrogens (tertiary/aromatic N) is 4. The topological polar surface area (TPSA) is 35.6 Å². The summed E-state index contributed by atoms with van der Waals surface area (Å²) in [6, 6.07) is 70.2. The van der Waals surface area contributed by atoms with Crippen molar-refractivity contribution in [1.82, 2.24) is 19.1 Å². The number of hydrogen-bond donors (Lipinski definition) is 0. The Bertz CT molecular complexity index is 3680. The van der Waals surface area contributed by atoms with Crippen LogP contribution in [-0.2, 0) is 0 Å². The highest BCUT2D eigenvalue weighted by Crippen LogP contribution is 2.47. The Morgan fingerprint density at radius 3 is 1.81 bits per heavy atom. The summed E-state index contributed by atoms with van der Waals surface area (Å²) in [6.07, 6.45) is 0. The van der Waals surface area contributed by atoms with Crippen LogP contribution in [-0.4, -0.2) is 19.1 Å². The molecular formula is C54H32N4. The summed E-state index contributed by atoms with van der Waals surface area (Å²) in [5.74, 6) is 0.733. The Balaban J connectivity index is 1.01. The first-order chi connectivity index (χ1) is 28.8. The second-order valence-corrected chi connectivity index (χ2v) is 15.3. The molecule has 3 heterocycles. The summed E-state index contributed by atoms with van der Waals surface area (Å²) in [5, 5.41) is 8.61. The summed E-state index contributed by atoms with van der Waals surface area (Å²) in [6.45, 7) is 0. The lowest BCUT2D eigenvalue weighted by Crippen LogP contribution is -1.97. The van der Waals surface area contributed by atoms with Crippen molar-refractivity contribution in [3.05, 3.63) is 194 Å². The van der Waals surface area contributed by atoms with Gasteiger partial charge in [-0.05, 0) is 93.7 Å². The molecule has 1 aliphatic carbocycles. The second kappa shape index (κ2) is 11.8. The third-order valence-electron chi connectivity index (χ3n) is 12.2. The van der Waals surface area contributed by atoms with Gasteiger partial charge in [-0.3, -0.25) is 0 Å². The fourth-order valence-electron chi connectivity index (χ4n) is 9.78. The lowest BCUT2D eigenvalue weighted by atomic mass is 9.94. The Morgan fingerprint density at radius 1 is 0.310 bits per heavy atom. The zero-order valence-corrected chi connectivity index (χ0v) is 31.3. The van der Waals surface area contributed by atoms with Gasteiger partial charge in [-0.2, -0.15) is 0 Å². The van der Waals surface area contributed by atoms with Gasteiger partial charge in [-0.25, -0.2) is 9.97 Å². The molecule has 12 aromatic rings. The molecule has 0 radical (unpaired) electrons. The van der Waals surface area contributed by atoms with E-state index in [2.05, 4.69) is 203 Å². The van der Waals surface area contributed by atoms with Crippen LogP contribution in [0.25, 0.3) is 122 Å². The number of rotatable bonds is 4. The van der Waals surface area contributed by atoms with Gasteiger partial charge in [0, 0.05) is 49.4 Å². The van der Waals surface area contributed by atoms with E-state index in [0.717, 1.165) is 50.4 Å². The lowest BCUT2D eigenvalue weighted by molar-refractivity contribution is 1.17. The summed E-state index contributed by atoms with van der Waals surface area (Å²) in [5.41, 5.74) is 15.9. The maximum absolute atomic E-state index is 5.24. The molecular weight excluding hydrogens is 705 g/mol. The van der Waals surface area contributed by atoms with Crippen LogP contribution in [0.1, 0.15) is 0 Å². The van der Waals surface area contributed by atoms with E-state index in [1.165, 1.54) is 71.2 Å². The molecule has 0 fully saturated rings. The molecule has 0 atom stereocenters. The maximum atomic E-state index is 5.24. The van der Waals surface area contributed by atoms with Crippen molar-refractivity contribution in [2.24, 2.45) is 0 Å². The molecule has 58 heavy (non-hydrogen) atoms. The highest BCUT2D eigenvalue weighted by atomic mass is 15.0. The van der Waals surface area contributed by atoms with Gasteiger partial charge in [0.05, 0.1) is 33.3 Å². The predicted octanol–water partition coefficient (Wildman–Crippen LogP) is 14.0. The van der Waals surface area contributed by atoms with Crippen LogP contribution in [0.2, 0.25) is 0 Å². The Kier molecular flexibility index (Phi) is 6.41. The van der Waals surface area contributed by atoms with E-state index in [-0.39, 0.29) is 0 Å². The van der Waals surface area contributed by atoms with Crippen molar-refractivity contribution in [2.75, 3.05) is 0 Å². The zero-order valence-electron chi connectivity index (χ0n) is 31.3. The fourth-order valence-corrected chi connectivity index (χ4v) is 9.78. The van der Waals surface area contributed by atoms with E-state index in [4.69, 9.17) is 9.97 Å². The Morgan fingerprint density at radius 2 is 0.948 bits per heavy atom. The third kappa shape index (κ3) is 4.34. The first-order valence-corrected chi connectivity index (χ1v) is 19.8. The van der Waals surface area contributed by atoms with Gasteiger partial charge in [0.15, 0.2) is 5.82 Å². The predicted molar refractivity (Wildman–Crippen MR) is 241 cm³/mol. The van der Waals surface area contributed by atoms with Gasteiger partial charge in [0.25, 0.3) is 0 Å². The standard InChI is InChI=1S/C54H32N4/c1-2-15-35(16-3-1)57-48-27-11-9-23-43(48)51-40-21-6-4-19-38(40)44(32-50(51)57)33-28-29-49-45(31-33)39-20-8-10-26-47(39)58(49)36-17-12-14-34(30-36)54-55-46-25-13-24-41-37-18-5-7-22-42(37)53(56-54)52(41)46/h1-32H. The molecule has 0 spiro atoms. The average molecular weight is 737 g/mol. The molecule has 9 aromatic carbocycles. The van der Waals surface area contributed by atoms with E-state index >= 15 is 0 Å². The van der Waals surface area contributed by atoms with Crippen LogP contribution < -0.4 is 0 Å². The molecule has 4 nitrogen and oxygen atoms in total. The van der Waals surface area contributed by atoms with Gasteiger partial charge in [-0.15, -0.1) is 0 Å². The van der Waals surface area contributed by atoms with Crippen molar-refractivity contribution in [2.45, 2.75) is 0 Å². The quantitative estimate of drug-likeness (QED) is 0.180. The first kappa shape index (κ1) is 31.4. The van der Waals surface area contributed by atoms with Crippen LogP contribution >= 0.6 is 0 Å². The molecule has 0 unspecified atom stereocenters. The minimum absolute atomic E-state index is 0.733. The number of aromatic nitrogens is 4. The lowest BCUT2D eigenvalue weighted by Gasteiger charge is -2.13. The second-order valence-electron chi connectivity index (χ2n) is 15.3. The molecule has 3 aromatic heterocycles. The average Bonchev–Trinajstić information content (AvgIpc) is 3.93. The van der Waals surface area contributed by atoms with Crippen molar-refractivity contribution >= 4 is 65.3 Å². The van der Waals surface area contributed by atoms with Crippen LogP contribution in [0.5, 0.6) is 0 Å². The van der Waals surface area contributed by atoms with Gasteiger partial charge in [0.1, 0.15) is 0 Å². The number of benzene rings is 9. The van der Waals surface area contributed by atoms with Crippen molar-refractivity contribution in [3.8, 4) is 56.3 Å². The van der Waals surface area contributed by atoms with E-state index in [1.54, 1.807) is 0 Å². The molecule has 13 rings (SSSR count). The minimum Gasteiger partial charge on any atom is -0.309 e. The summed E-state index contributed by atoms with van der Waals surface area (Å²) >= 11 is 0. The molecule has 0 saturated heterocycles. The zero-order chi connectivity index (χ0) is 37.9. The summed E-state index contributed by atoms with van der Waals surface area (Å²) < 4.78 is 4.81. The monoisotopic (exact) mass is 736 g/mol. The molecule has 0 bridgehead atoms. The molecule has 0 N–H and O–H groups in total. The van der Waals surface area contributed by atoms with Crippen molar-refractivity contribution in [1.29, 1.82) is 0 Å². The van der Waals surface area contributed by atoms with Gasteiger partial charge in [-0.1, -0.05) is 133 Å². The fraction of sp³-hybridized carbons (Fsp3) is 0. The minimum atomic E-state index is 0.733. The normalized spacial score (nSPS) is 12.1. The van der Waals surface area contributed by atoms with Crippen LogP contribution in [0, 0.1) is 0 Å². The summed E-state index contributed by atoms with van der Waals surface area (Å²) in [4.78, 5) is 10.4. The number of hydrogen-bond acceptors (Lipinski definition) is 2. The van der Waals surface area contributed by atoms with Crippen molar-refractivity contribution in [3.63, 3.8) is 0 Å². The van der Waals surface area contributed by atoms with E-state index < -0.39 is 0 Å². The third-order valence-corrected chi connectivity index (χ3v) is 12.2.